The van der Waals surface area contributed by atoms with Crippen molar-refractivity contribution in [1.29, 1.82) is 0 Å². The Bertz CT molecular complexity index is 889. The Kier molecular flexibility index (Phi) is 5.08. The van der Waals surface area contributed by atoms with Crippen LogP contribution in [-0.4, -0.2) is 16.3 Å². The highest BCUT2D eigenvalue weighted by molar-refractivity contribution is 8.15. The van der Waals surface area contributed by atoms with Crippen LogP contribution < -0.4 is 5.32 Å². The molecule has 1 atom stereocenters. The summed E-state index contributed by atoms with van der Waals surface area (Å²) in [5.41, 5.74) is 0.749. The average Bonchev–Trinajstić information content (AvgIpc) is 2.97. The number of nitrogens with zero attached hydrogens (tertiary/aromatic N) is 1. The smallest absolute Gasteiger partial charge is 0.304 e. The van der Waals surface area contributed by atoms with E-state index in [0.717, 1.165) is 17.7 Å². The van der Waals surface area contributed by atoms with Crippen LogP contribution in [0.1, 0.15) is 30.5 Å². The van der Waals surface area contributed by atoms with E-state index in [0.29, 0.717) is 16.4 Å². The molecule has 142 valence electrons. The van der Waals surface area contributed by atoms with E-state index in [1.54, 1.807) is 19.9 Å². The van der Waals surface area contributed by atoms with Gasteiger partial charge >= 0.3 is 6.18 Å². The monoisotopic (exact) mass is 392 g/mol. The summed E-state index contributed by atoms with van der Waals surface area (Å²) in [7, 11) is 0. The standard InChI is InChI=1S/C20H19F3N2OS/c1-12-7-9-15(10-8-12)24-18-25-17(26)16(27-18)19(2,3)13-5-4-6-14(11-13)20(21,22)23/h4-11,16H,1-3H3,(H,24,25,26). The normalized spacial score (nSPS) is 19.4. The van der Waals surface area contributed by atoms with Crippen LogP contribution in [0.2, 0.25) is 0 Å². The van der Waals surface area contributed by atoms with Crippen molar-refractivity contribution < 1.29 is 18.0 Å². The summed E-state index contributed by atoms with van der Waals surface area (Å²) in [4.78, 5) is 16.9. The zero-order valence-corrected chi connectivity index (χ0v) is 15.9. The Morgan fingerprint density at radius 1 is 1.04 bits per heavy atom. The second kappa shape index (κ2) is 7.03. The minimum Gasteiger partial charge on any atom is -0.304 e. The molecule has 1 aliphatic heterocycles. The van der Waals surface area contributed by atoms with E-state index in [9.17, 15) is 18.0 Å². The Labute approximate surface area is 160 Å². The second-order valence-corrected chi connectivity index (χ2v) is 8.13. The molecule has 0 bridgehead atoms. The number of aryl methyl sites for hydroxylation is 1. The molecule has 1 heterocycles. The summed E-state index contributed by atoms with van der Waals surface area (Å²) in [6.45, 7) is 5.51. The quantitative estimate of drug-likeness (QED) is 0.779. The van der Waals surface area contributed by atoms with Crippen LogP contribution >= 0.6 is 11.8 Å². The highest BCUT2D eigenvalue weighted by Gasteiger charge is 2.43. The SMILES string of the molecule is Cc1ccc(/N=C2/NC(=O)C(C(C)(C)c3cccc(C(F)(F)F)c3)S2)cc1. The molecule has 3 nitrogen and oxygen atoms in total. The first-order chi connectivity index (χ1) is 12.6. The van der Waals surface area contributed by atoms with E-state index in [-0.39, 0.29) is 5.91 Å². The van der Waals surface area contributed by atoms with E-state index in [2.05, 4.69) is 10.3 Å². The van der Waals surface area contributed by atoms with Crippen LogP contribution in [0, 0.1) is 6.92 Å². The van der Waals surface area contributed by atoms with Gasteiger partial charge in [-0.25, -0.2) is 4.99 Å². The first-order valence-corrected chi connectivity index (χ1v) is 9.26. The Morgan fingerprint density at radius 3 is 2.30 bits per heavy atom. The number of rotatable bonds is 3. The number of carbonyl (C=O) groups excluding carboxylic acids is 1. The summed E-state index contributed by atoms with van der Waals surface area (Å²) in [5, 5.41) is 2.61. The molecule has 1 saturated heterocycles. The molecule has 2 aromatic carbocycles. The van der Waals surface area contributed by atoms with E-state index in [1.165, 1.54) is 17.8 Å². The number of carbonyl (C=O) groups is 1. The molecule has 1 aliphatic rings. The molecule has 0 saturated carbocycles. The van der Waals surface area contributed by atoms with Crippen LogP contribution in [0.3, 0.4) is 0 Å². The van der Waals surface area contributed by atoms with Gasteiger partial charge in [0.1, 0.15) is 5.25 Å². The number of hydrogen-bond donors (Lipinski definition) is 1. The first kappa shape index (κ1) is 19.5. The minimum atomic E-state index is -4.42. The van der Waals surface area contributed by atoms with Gasteiger partial charge < -0.3 is 5.32 Å². The lowest BCUT2D eigenvalue weighted by Crippen LogP contribution is -2.38. The average molecular weight is 392 g/mol. The van der Waals surface area contributed by atoms with Gasteiger partial charge in [0.25, 0.3) is 0 Å². The second-order valence-electron chi connectivity index (χ2n) is 7.04. The summed E-state index contributed by atoms with van der Waals surface area (Å²) >= 11 is 1.24. The third-order valence-electron chi connectivity index (χ3n) is 4.55. The van der Waals surface area contributed by atoms with E-state index >= 15 is 0 Å². The molecule has 0 radical (unpaired) electrons. The van der Waals surface area contributed by atoms with Gasteiger partial charge in [-0.2, -0.15) is 13.2 Å². The number of benzene rings is 2. The fourth-order valence-corrected chi connectivity index (χ4v) is 4.02. The fraction of sp³-hybridized carbons (Fsp3) is 0.300. The number of amidine groups is 1. The molecular weight excluding hydrogens is 373 g/mol. The van der Waals surface area contributed by atoms with E-state index in [1.807, 2.05) is 31.2 Å². The molecule has 1 amide bonds. The van der Waals surface area contributed by atoms with Crippen LogP contribution in [-0.2, 0) is 16.4 Å². The topological polar surface area (TPSA) is 41.5 Å². The van der Waals surface area contributed by atoms with Crippen LogP contribution in [0.25, 0.3) is 0 Å². The number of amides is 1. The zero-order chi connectivity index (χ0) is 19.8. The van der Waals surface area contributed by atoms with Crippen LogP contribution in [0.4, 0.5) is 18.9 Å². The lowest BCUT2D eigenvalue weighted by Gasteiger charge is -2.29. The van der Waals surface area contributed by atoms with Crippen molar-refractivity contribution in [2.75, 3.05) is 0 Å². The molecule has 3 rings (SSSR count). The van der Waals surface area contributed by atoms with Crippen molar-refractivity contribution in [3.63, 3.8) is 0 Å². The summed E-state index contributed by atoms with van der Waals surface area (Å²) < 4.78 is 39.1. The van der Waals surface area contributed by atoms with Gasteiger partial charge in [0.15, 0.2) is 5.17 Å². The maximum Gasteiger partial charge on any atom is 0.416 e. The van der Waals surface area contributed by atoms with Crippen molar-refractivity contribution in [1.82, 2.24) is 5.32 Å². The van der Waals surface area contributed by atoms with Crippen LogP contribution in [0.5, 0.6) is 0 Å². The van der Waals surface area contributed by atoms with Crippen molar-refractivity contribution in [2.24, 2.45) is 4.99 Å². The third kappa shape index (κ3) is 4.18. The summed E-state index contributed by atoms with van der Waals surface area (Å²) in [6, 6.07) is 12.7. The van der Waals surface area contributed by atoms with Crippen molar-refractivity contribution in [3.05, 3.63) is 65.2 Å². The largest absolute Gasteiger partial charge is 0.416 e. The lowest BCUT2D eigenvalue weighted by molar-refractivity contribution is -0.137. The number of thioether (sulfide) groups is 1. The molecule has 7 heteroatoms. The van der Waals surface area contributed by atoms with Gasteiger partial charge in [-0.05, 0) is 30.7 Å². The van der Waals surface area contributed by atoms with Gasteiger partial charge in [0.2, 0.25) is 5.91 Å². The van der Waals surface area contributed by atoms with Gasteiger partial charge in [-0.15, -0.1) is 0 Å². The molecule has 0 aromatic heterocycles. The number of halogens is 3. The van der Waals surface area contributed by atoms with Gasteiger partial charge in [-0.1, -0.05) is 61.5 Å². The maximum absolute atomic E-state index is 13.0. The van der Waals surface area contributed by atoms with Crippen molar-refractivity contribution in [3.8, 4) is 0 Å². The van der Waals surface area contributed by atoms with Crippen molar-refractivity contribution in [2.45, 2.75) is 37.6 Å². The number of hydrogen-bond acceptors (Lipinski definition) is 3. The maximum atomic E-state index is 13.0. The van der Waals surface area contributed by atoms with Crippen LogP contribution in [0.15, 0.2) is 53.5 Å². The summed E-state index contributed by atoms with van der Waals surface area (Å²) in [5.74, 6) is -0.256. The van der Waals surface area contributed by atoms with Gasteiger partial charge in [0.05, 0.1) is 11.3 Å². The Morgan fingerprint density at radius 2 is 1.67 bits per heavy atom. The van der Waals surface area contributed by atoms with E-state index < -0.39 is 22.4 Å². The first-order valence-electron chi connectivity index (χ1n) is 8.38. The Balaban J connectivity index is 1.87. The Hall–Kier alpha value is -2.28. The molecular formula is C20H19F3N2OS. The zero-order valence-electron chi connectivity index (χ0n) is 15.1. The molecule has 2 aromatic rings. The summed E-state index contributed by atoms with van der Waals surface area (Å²) in [6.07, 6.45) is -4.42. The molecule has 1 unspecified atom stereocenters. The number of nitrogens with one attached hydrogen (secondary N) is 1. The number of alkyl halides is 3. The predicted octanol–water partition coefficient (Wildman–Crippen LogP) is 5.21. The fourth-order valence-electron chi connectivity index (χ4n) is 2.88. The number of aliphatic imine (C=N–C) groups is 1. The molecule has 1 N–H and O–H groups in total. The van der Waals surface area contributed by atoms with Crippen molar-refractivity contribution >= 4 is 28.5 Å². The molecule has 27 heavy (non-hydrogen) atoms. The highest BCUT2D eigenvalue weighted by atomic mass is 32.2. The minimum absolute atomic E-state index is 0.256. The lowest BCUT2D eigenvalue weighted by atomic mass is 9.80. The molecule has 1 fully saturated rings. The predicted molar refractivity (Wildman–Crippen MR) is 102 cm³/mol. The third-order valence-corrected chi connectivity index (χ3v) is 6.01. The molecule has 0 aliphatic carbocycles. The van der Waals surface area contributed by atoms with E-state index in [4.69, 9.17) is 0 Å². The highest BCUT2D eigenvalue weighted by Crippen LogP contribution is 2.40. The van der Waals surface area contributed by atoms with Gasteiger partial charge in [-0.3, -0.25) is 4.79 Å². The molecule has 0 spiro atoms. The van der Waals surface area contributed by atoms with Gasteiger partial charge in [0, 0.05) is 5.41 Å².